The molecule has 0 aliphatic heterocycles. The number of hydrogen-bond donors (Lipinski definition) is 0. The minimum Gasteiger partial charge on any atom is -0.0843 e. The molecule has 0 aromatic heterocycles. The van der Waals surface area contributed by atoms with Crippen molar-refractivity contribution in [3.8, 4) is 0 Å². The summed E-state index contributed by atoms with van der Waals surface area (Å²) in [6.45, 7) is 4.21. The predicted octanol–water partition coefficient (Wildman–Crippen LogP) is 6.55. The highest BCUT2D eigenvalue weighted by Crippen LogP contribution is 2.27. The fourth-order valence-electron chi connectivity index (χ4n) is 2.53. The van der Waals surface area contributed by atoms with Crippen LogP contribution in [0.5, 0.6) is 0 Å². The third-order valence-electron chi connectivity index (χ3n) is 3.91. The van der Waals surface area contributed by atoms with Crippen molar-refractivity contribution in [3.63, 3.8) is 0 Å². The molecule has 0 saturated carbocycles. The van der Waals surface area contributed by atoms with Crippen molar-refractivity contribution in [2.75, 3.05) is 0 Å². The Morgan fingerprint density at radius 1 is 0.652 bits per heavy atom. The van der Waals surface area contributed by atoms with E-state index < -0.39 is 0 Å². The van der Waals surface area contributed by atoms with E-state index in [1.54, 1.807) is 0 Å². The molecule has 0 N–H and O–H groups in total. The van der Waals surface area contributed by atoms with Crippen LogP contribution in [0.25, 0.3) is 11.6 Å². The lowest BCUT2D eigenvalue weighted by molar-refractivity contribution is 1.44. The molecule has 0 nitrogen and oxygen atoms in total. The lowest BCUT2D eigenvalue weighted by atomic mass is 9.95. The molecule has 3 aromatic rings. The van der Waals surface area contributed by atoms with Crippen LogP contribution in [0.4, 0.5) is 0 Å². The van der Waals surface area contributed by atoms with Gasteiger partial charge in [0.1, 0.15) is 0 Å². The second-order valence-corrected chi connectivity index (χ2v) is 6.28. The zero-order valence-corrected chi connectivity index (χ0v) is 14.1. The SMILES string of the molecule is Cc1ccc(/C=C(/c2ccc(C)cc2)c2ccc(Cl)cc2)cc1. The Bertz CT molecular complexity index is 760. The molecule has 0 aliphatic carbocycles. The van der Waals surface area contributed by atoms with E-state index in [9.17, 15) is 0 Å². The van der Waals surface area contributed by atoms with Crippen LogP contribution in [-0.2, 0) is 0 Å². The first-order valence-corrected chi connectivity index (χ1v) is 8.11. The summed E-state index contributed by atoms with van der Waals surface area (Å²) in [4.78, 5) is 0. The van der Waals surface area contributed by atoms with E-state index in [2.05, 4.69) is 80.6 Å². The molecule has 23 heavy (non-hydrogen) atoms. The molecule has 0 aliphatic rings. The van der Waals surface area contributed by atoms with Crippen LogP contribution < -0.4 is 0 Å². The van der Waals surface area contributed by atoms with Crippen molar-refractivity contribution in [2.45, 2.75) is 13.8 Å². The maximum Gasteiger partial charge on any atom is 0.0406 e. The van der Waals surface area contributed by atoms with Crippen LogP contribution in [0, 0.1) is 13.8 Å². The fourth-order valence-corrected chi connectivity index (χ4v) is 2.65. The number of hydrogen-bond acceptors (Lipinski definition) is 0. The Morgan fingerprint density at radius 3 is 1.61 bits per heavy atom. The molecule has 3 aromatic carbocycles. The highest BCUT2D eigenvalue weighted by Gasteiger charge is 2.06. The molecule has 0 unspecified atom stereocenters. The largest absolute Gasteiger partial charge is 0.0843 e. The van der Waals surface area contributed by atoms with E-state index in [0.29, 0.717) is 0 Å². The molecule has 0 fully saturated rings. The number of rotatable bonds is 3. The summed E-state index contributed by atoms with van der Waals surface area (Å²) in [5.41, 5.74) is 7.30. The van der Waals surface area contributed by atoms with Gasteiger partial charge >= 0.3 is 0 Å². The second kappa shape index (κ2) is 6.85. The second-order valence-electron chi connectivity index (χ2n) is 5.84. The van der Waals surface area contributed by atoms with E-state index in [4.69, 9.17) is 11.6 Å². The first-order valence-electron chi connectivity index (χ1n) is 7.73. The van der Waals surface area contributed by atoms with Gasteiger partial charge < -0.3 is 0 Å². The van der Waals surface area contributed by atoms with Crippen LogP contribution in [0.1, 0.15) is 27.8 Å². The van der Waals surface area contributed by atoms with Gasteiger partial charge in [0.15, 0.2) is 0 Å². The first kappa shape index (κ1) is 15.6. The molecule has 0 bridgehead atoms. The van der Waals surface area contributed by atoms with Gasteiger partial charge in [-0.05, 0) is 54.3 Å². The van der Waals surface area contributed by atoms with E-state index in [1.165, 1.54) is 33.4 Å². The average Bonchev–Trinajstić information content (AvgIpc) is 2.56. The molecule has 3 rings (SSSR count). The van der Waals surface area contributed by atoms with Gasteiger partial charge in [-0.3, -0.25) is 0 Å². The van der Waals surface area contributed by atoms with Crippen LogP contribution >= 0.6 is 11.6 Å². The van der Waals surface area contributed by atoms with E-state index in [-0.39, 0.29) is 0 Å². The molecule has 0 amide bonds. The molecular formula is C22H19Cl. The highest BCUT2D eigenvalue weighted by molar-refractivity contribution is 6.30. The zero-order valence-electron chi connectivity index (χ0n) is 13.4. The number of benzene rings is 3. The highest BCUT2D eigenvalue weighted by atomic mass is 35.5. The Kier molecular flexibility index (Phi) is 4.64. The van der Waals surface area contributed by atoms with Crippen molar-refractivity contribution in [1.29, 1.82) is 0 Å². The lowest BCUT2D eigenvalue weighted by Crippen LogP contribution is -1.89. The molecular weight excluding hydrogens is 300 g/mol. The van der Waals surface area contributed by atoms with E-state index in [0.717, 1.165) is 5.02 Å². The summed E-state index contributed by atoms with van der Waals surface area (Å²) in [7, 11) is 0. The summed E-state index contributed by atoms with van der Waals surface area (Å²) in [5, 5.41) is 0.757. The first-order chi connectivity index (χ1) is 11.1. The van der Waals surface area contributed by atoms with E-state index >= 15 is 0 Å². The molecule has 0 radical (unpaired) electrons. The van der Waals surface area contributed by atoms with Gasteiger partial charge in [0.25, 0.3) is 0 Å². The minimum atomic E-state index is 0.757. The third-order valence-corrected chi connectivity index (χ3v) is 4.16. The topological polar surface area (TPSA) is 0 Å². The van der Waals surface area contributed by atoms with Crippen molar-refractivity contribution in [1.82, 2.24) is 0 Å². The Labute approximate surface area is 143 Å². The molecule has 0 saturated heterocycles. The Balaban J connectivity index is 2.10. The lowest BCUT2D eigenvalue weighted by Gasteiger charge is -2.10. The molecule has 0 spiro atoms. The maximum absolute atomic E-state index is 6.04. The Morgan fingerprint density at radius 2 is 1.09 bits per heavy atom. The van der Waals surface area contributed by atoms with Gasteiger partial charge in [-0.25, -0.2) is 0 Å². The summed E-state index contributed by atoms with van der Waals surface area (Å²) in [6, 6.07) is 25.2. The standard InChI is InChI=1S/C22H19Cl/c1-16-3-7-18(8-4-16)15-22(19-9-5-17(2)6-10-19)20-11-13-21(23)14-12-20/h3-15H,1-2H3/b22-15-. The minimum absolute atomic E-state index is 0.757. The van der Waals surface area contributed by atoms with Gasteiger partial charge in [-0.1, -0.05) is 83.4 Å². The summed E-state index contributed by atoms with van der Waals surface area (Å²) >= 11 is 6.04. The van der Waals surface area contributed by atoms with Crippen molar-refractivity contribution in [3.05, 3.63) is 106 Å². The summed E-state index contributed by atoms with van der Waals surface area (Å²) in [5.74, 6) is 0. The van der Waals surface area contributed by atoms with Crippen LogP contribution in [0.3, 0.4) is 0 Å². The number of halogens is 1. The molecule has 0 heterocycles. The van der Waals surface area contributed by atoms with Crippen molar-refractivity contribution < 1.29 is 0 Å². The Hall–Kier alpha value is -2.31. The van der Waals surface area contributed by atoms with Crippen LogP contribution in [0.15, 0.2) is 72.8 Å². The van der Waals surface area contributed by atoms with Crippen LogP contribution in [-0.4, -0.2) is 0 Å². The van der Waals surface area contributed by atoms with Gasteiger partial charge in [0, 0.05) is 5.02 Å². The van der Waals surface area contributed by atoms with Gasteiger partial charge in [-0.2, -0.15) is 0 Å². The summed E-state index contributed by atoms with van der Waals surface area (Å²) < 4.78 is 0. The predicted molar refractivity (Wildman–Crippen MR) is 101 cm³/mol. The summed E-state index contributed by atoms with van der Waals surface area (Å²) in [6.07, 6.45) is 2.23. The maximum atomic E-state index is 6.04. The van der Waals surface area contributed by atoms with Crippen molar-refractivity contribution in [2.24, 2.45) is 0 Å². The number of aryl methyl sites for hydroxylation is 2. The van der Waals surface area contributed by atoms with Gasteiger partial charge in [-0.15, -0.1) is 0 Å². The monoisotopic (exact) mass is 318 g/mol. The fraction of sp³-hybridized carbons (Fsp3) is 0.0909. The third kappa shape index (κ3) is 3.91. The molecule has 0 atom stereocenters. The molecule has 114 valence electrons. The van der Waals surface area contributed by atoms with Gasteiger partial charge in [0.05, 0.1) is 0 Å². The average molecular weight is 319 g/mol. The zero-order chi connectivity index (χ0) is 16.2. The normalized spacial score (nSPS) is 11.5. The quantitative estimate of drug-likeness (QED) is 0.480. The smallest absolute Gasteiger partial charge is 0.0406 e. The van der Waals surface area contributed by atoms with Gasteiger partial charge in [0.2, 0.25) is 0 Å². The molecule has 1 heteroatoms. The van der Waals surface area contributed by atoms with Crippen molar-refractivity contribution >= 4 is 23.3 Å². The van der Waals surface area contributed by atoms with E-state index in [1.807, 2.05) is 12.1 Å². The van der Waals surface area contributed by atoms with Crippen LogP contribution in [0.2, 0.25) is 5.02 Å².